The van der Waals surface area contributed by atoms with Gasteiger partial charge in [0, 0.05) is 37.1 Å². The Labute approximate surface area is 191 Å². The third kappa shape index (κ3) is 5.20. The molecule has 2 amide bonds. The summed E-state index contributed by atoms with van der Waals surface area (Å²) in [7, 11) is 1.63. The molecule has 0 spiro atoms. The van der Waals surface area contributed by atoms with Crippen molar-refractivity contribution in [3.05, 3.63) is 17.0 Å². The number of hydrogen-bond acceptors (Lipinski definition) is 8. The van der Waals surface area contributed by atoms with Gasteiger partial charge < -0.3 is 14.5 Å². The van der Waals surface area contributed by atoms with Crippen molar-refractivity contribution in [2.24, 2.45) is 5.92 Å². The Morgan fingerprint density at radius 3 is 2.50 bits per heavy atom. The third-order valence-electron chi connectivity index (χ3n) is 5.81. The Balaban J connectivity index is 1.59. The number of nitrogens with zero attached hydrogens (tertiary/aromatic N) is 6. The average molecular weight is 463 g/mol. The predicted molar refractivity (Wildman–Crippen MR) is 119 cm³/mol. The number of amides is 2. The fourth-order valence-electron chi connectivity index (χ4n) is 3.83. The maximum atomic E-state index is 12.9. The highest BCUT2D eigenvalue weighted by Crippen LogP contribution is 2.20. The highest BCUT2D eigenvalue weighted by molar-refractivity contribution is 7.98. The van der Waals surface area contributed by atoms with Crippen LogP contribution in [0.4, 0.5) is 0 Å². The van der Waals surface area contributed by atoms with Crippen molar-refractivity contribution in [1.29, 1.82) is 0 Å². The molecular weight excluding hydrogens is 432 g/mol. The van der Waals surface area contributed by atoms with Gasteiger partial charge in [0.05, 0.1) is 25.5 Å². The summed E-state index contributed by atoms with van der Waals surface area (Å²) in [6.45, 7) is 6.87. The van der Waals surface area contributed by atoms with Crippen molar-refractivity contribution >= 4 is 35.3 Å². The lowest BCUT2D eigenvalue weighted by molar-refractivity contribution is -0.151. The standard InChI is InChI=1S/C21H30N6O4S/c1-6-31-19(30)15-7-9-26(10-8-15)18(29)12-25(4)17(28)11-16-13(2)22-20-23-21(32-5)24-27(20)14(16)3/h15H,6-12H2,1-5H3. The van der Waals surface area contributed by atoms with Gasteiger partial charge in [-0.2, -0.15) is 4.98 Å². The molecule has 1 fully saturated rings. The number of esters is 1. The van der Waals surface area contributed by atoms with Gasteiger partial charge in [0.2, 0.25) is 17.0 Å². The van der Waals surface area contributed by atoms with Crippen LogP contribution in [0.1, 0.15) is 36.7 Å². The molecule has 0 saturated carbocycles. The van der Waals surface area contributed by atoms with Crippen molar-refractivity contribution in [1.82, 2.24) is 29.4 Å². The summed E-state index contributed by atoms with van der Waals surface area (Å²) in [5.74, 6) is -0.130. The van der Waals surface area contributed by atoms with Gasteiger partial charge >= 0.3 is 5.97 Å². The summed E-state index contributed by atoms with van der Waals surface area (Å²) in [6.07, 6.45) is 3.20. The summed E-state index contributed by atoms with van der Waals surface area (Å²) in [5, 5.41) is 5.03. The molecule has 1 saturated heterocycles. The van der Waals surface area contributed by atoms with Crippen molar-refractivity contribution in [2.75, 3.05) is 39.5 Å². The van der Waals surface area contributed by atoms with Gasteiger partial charge in [-0.25, -0.2) is 9.50 Å². The molecule has 2 aromatic heterocycles. The van der Waals surface area contributed by atoms with E-state index in [1.807, 2.05) is 20.1 Å². The quantitative estimate of drug-likeness (QED) is 0.447. The Bertz CT molecular complexity index is 1020. The topological polar surface area (TPSA) is 110 Å². The van der Waals surface area contributed by atoms with Crippen molar-refractivity contribution in [2.45, 2.75) is 45.2 Å². The number of thioether (sulfide) groups is 1. The second-order valence-corrected chi connectivity index (χ2v) is 8.68. The summed E-state index contributed by atoms with van der Waals surface area (Å²) < 4.78 is 6.72. The van der Waals surface area contributed by atoms with Gasteiger partial charge in [-0.1, -0.05) is 11.8 Å². The minimum atomic E-state index is -0.194. The summed E-state index contributed by atoms with van der Waals surface area (Å²) >= 11 is 1.43. The predicted octanol–water partition coefficient (Wildman–Crippen LogP) is 1.27. The summed E-state index contributed by atoms with van der Waals surface area (Å²) in [5.41, 5.74) is 2.33. The fraction of sp³-hybridized carbons (Fsp3) is 0.619. The molecular formula is C21H30N6O4S. The third-order valence-corrected chi connectivity index (χ3v) is 6.34. The van der Waals surface area contributed by atoms with E-state index >= 15 is 0 Å². The van der Waals surface area contributed by atoms with E-state index in [-0.39, 0.29) is 36.7 Å². The van der Waals surface area contributed by atoms with E-state index in [9.17, 15) is 14.4 Å². The monoisotopic (exact) mass is 462 g/mol. The highest BCUT2D eigenvalue weighted by Gasteiger charge is 2.29. The minimum Gasteiger partial charge on any atom is -0.466 e. The molecule has 0 radical (unpaired) electrons. The molecule has 0 aromatic carbocycles. The molecule has 2 aromatic rings. The number of rotatable bonds is 7. The van der Waals surface area contributed by atoms with Gasteiger partial charge in [-0.05, 0) is 39.9 Å². The van der Waals surface area contributed by atoms with Gasteiger partial charge in [0.25, 0.3) is 5.78 Å². The van der Waals surface area contributed by atoms with Crippen molar-refractivity contribution < 1.29 is 19.1 Å². The van der Waals surface area contributed by atoms with Crippen molar-refractivity contribution in [3.63, 3.8) is 0 Å². The molecule has 174 valence electrons. The molecule has 10 nitrogen and oxygen atoms in total. The molecule has 0 atom stereocenters. The lowest BCUT2D eigenvalue weighted by atomic mass is 9.97. The Morgan fingerprint density at radius 1 is 1.19 bits per heavy atom. The maximum absolute atomic E-state index is 12.9. The van der Waals surface area contributed by atoms with Crippen LogP contribution in [0.3, 0.4) is 0 Å². The van der Waals surface area contributed by atoms with Crippen LogP contribution in [-0.2, 0) is 25.5 Å². The lowest BCUT2D eigenvalue weighted by Gasteiger charge is -2.32. The number of likely N-dealkylation sites (N-methyl/N-ethyl adjacent to an activating group) is 1. The minimum absolute atomic E-state index is 0.00335. The first-order valence-electron chi connectivity index (χ1n) is 10.7. The molecule has 3 rings (SSSR count). The molecule has 1 aliphatic rings. The maximum Gasteiger partial charge on any atom is 0.309 e. The Morgan fingerprint density at radius 2 is 1.88 bits per heavy atom. The number of carbonyl (C=O) groups excluding carboxylic acids is 3. The van der Waals surface area contributed by atoms with Crippen LogP contribution in [0.5, 0.6) is 0 Å². The number of hydrogen-bond donors (Lipinski definition) is 0. The molecule has 1 aliphatic heterocycles. The molecule has 0 aliphatic carbocycles. The Kier molecular flexibility index (Phi) is 7.70. The normalized spacial score (nSPS) is 14.6. The van der Waals surface area contributed by atoms with Gasteiger partial charge in [-0.3, -0.25) is 14.4 Å². The van der Waals surface area contributed by atoms with Crippen LogP contribution < -0.4 is 0 Å². The number of aromatic nitrogens is 4. The zero-order chi connectivity index (χ0) is 23.4. The number of piperidine rings is 1. The van der Waals surface area contributed by atoms with Crippen LogP contribution in [0.15, 0.2) is 5.16 Å². The van der Waals surface area contributed by atoms with Gasteiger partial charge in [-0.15, -0.1) is 5.10 Å². The van der Waals surface area contributed by atoms with E-state index in [1.165, 1.54) is 16.7 Å². The number of ether oxygens (including phenoxy) is 1. The van der Waals surface area contributed by atoms with E-state index < -0.39 is 0 Å². The van der Waals surface area contributed by atoms with E-state index in [4.69, 9.17) is 4.74 Å². The largest absolute Gasteiger partial charge is 0.466 e. The van der Waals surface area contributed by atoms with E-state index in [2.05, 4.69) is 15.1 Å². The first-order valence-corrected chi connectivity index (χ1v) is 11.9. The fourth-order valence-corrected chi connectivity index (χ4v) is 4.17. The number of fused-ring (bicyclic) bond motifs is 1. The molecule has 0 N–H and O–H groups in total. The lowest BCUT2D eigenvalue weighted by Crippen LogP contribution is -2.46. The number of likely N-dealkylation sites (tertiary alicyclic amines) is 1. The summed E-state index contributed by atoms with van der Waals surface area (Å²) in [4.78, 5) is 49.4. The SMILES string of the molecule is CCOC(=O)C1CCN(C(=O)CN(C)C(=O)Cc2c(C)nc3nc(SC)nn3c2C)CC1. The first-order chi connectivity index (χ1) is 15.2. The second kappa shape index (κ2) is 10.3. The van der Waals surface area contributed by atoms with Crippen molar-refractivity contribution in [3.8, 4) is 0 Å². The first kappa shape index (κ1) is 24.0. The van der Waals surface area contributed by atoms with Crippen LogP contribution >= 0.6 is 11.8 Å². The van der Waals surface area contributed by atoms with Crippen LogP contribution in [0.2, 0.25) is 0 Å². The summed E-state index contributed by atoms with van der Waals surface area (Å²) in [6, 6.07) is 0. The van der Waals surface area contributed by atoms with E-state index in [0.29, 0.717) is 43.5 Å². The van der Waals surface area contributed by atoms with Gasteiger partial charge in [0.15, 0.2) is 0 Å². The zero-order valence-corrected chi connectivity index (χ0v) is 20.1. The van der Waals surface area contributed by atoms with E-state index in [1.54, 1.807) is 23.4 Å². The molecule has 32 heavy (non-hydrogen) atoms. The zero-order valence-electron chi connectivity index (χ0n) is 19.3. The van der Waals surface area contributed by atoms with Crippen LogP contribution in [0.25, 0.3) is 5.78 Å². The molecule has 11 heteroatoms. The number of carbonyl (C=O) groups is 3. The molecule has 3 heterocycles. The number of aryl methyl sites for hydroxylation is 2. The average Bonchev–Trinajstić information content (AvgIpc) is 3.20. The highest BCUT2D eigenvalue weighted by atomic mass is 32.2. The second-order valence-electron chi connectivity index (χ2n) is 7.91. The van der Waals surface area contributed by atoms with E-state index in [0.717, 1.165) is 17.0 Å². The molecule has 0 bridgehead atoms. The van der Waals surface area contributed by atoms with Crippen LogP contribution in [-0.4, -0.2) is 86.7 Å². The Hall–Kier alpha value is -2.69. The smallest absolute Gasteiger partial charge is 0.309 e. The van der Waals surface area contributed by atoms with Crippen LogP contribution in [0, 0.1) is 19.8 Å². The molecule has 0 unspecified atom stereocenters. The van der Waals surface area contributed by atoms with Gasteiger partial charge in [0.1, 0.15) is 0 Å².